The van der Waals surface area contributed by atoms with Gasteiger partial charge in [-0.1, -0.05) is 52.8 Å². The van der Waals surface area contributed by atoms with Gasteiger partial charge in [0.15, 0.2) is 0 Å². The summed E-state index contributed by atoms with van der Waals surface area (Å²) >= 11 is 0. The maximum atomic E-state index is 5.67. The molecule has 1 heterocycles. The number of rotatable bonds is 4. The molecule has 108 valence electrons. The van der Waals surface area contributed by atoms with Crippen LogP contribution in [0.25, 0.3) is 11.5 Å². The van der Waals surface area contributed by atoms with E-state index in [1.165, 1.54) is 5.56 Å². The highest BCUT2D eigenvalue weighted by atomic mass is 16.3. The minimum atomic E-state index is 0.0708. The first-order valence-electron chi connectivity index (χ1n) is 7.15. The van der Waals surface area contributed by atoms with Crippen molar-refractivity contribution in [3.05, 3.63) is 41.8 Å². The van der Waals surface area contributed by atoms with E-state index in [1.807, 2.05) is 6.07 Å². The number of benzene rings is 1. The van der Waals surface area contributed by atoms with E-state index in [0.29, 0.717) is 11.9 Å². The maximum absolute atomic E-state index is 5.67. The molecule has 0 aliphatic heterocycles. The number of hydrogen-bond acceptors (Lipinski definition) is 3. The van der Waals surface area contributed by atoms with Crippen LogP contribution in [0.4, 0.5) is 0 Å². The second-order valence-corrected chi connectivity index (χ2v) is 6.48. The van der Waals surface area contributed by atoms with E-state index in [9.17, 15) is 0 Å². The largest absolute Gasteiger partial charge is 0.444 e. The van der Waals surface area contributed by atoms with Crippen molar-refractivity contribution in [2.24, 2.45) is 0 Å². The van der Waals surface area contributed by atoms with Crippen LogP contribution >= 0.6 is 0 Å². The third kappa shape index (κ3) is 3.48. The molecule has 3 heteroatoms. The third-order valence-corrected chi connectivity index (χ3v) is 3.21. The van der Waals surface area contributed by atoms with E-state index in [4.69, 9.17) is 4.42 Å². The van der Waals surface area contributed by atoms with E-state index in [-0.39, 0.29) is 5.41 Å². The average molecular weight is 272 g/mol. The number of nitrogens with one attached hydrogen (secondary N) is 1. The molecule has 0 aliphatic carbocycles. The zero-order valence-corrected chi connectivity index (χ0v) is 13.0. The van der Waals surface area contributed by atoms with Crippen LogP contribution in [-0.2, 0) is 12.0 Å². The lowest BCUT2D eigenvalue weighted by Gasteiger charge is -2.21. The fourth-order valence-corrected chi connectivity index (χ4v) is 2.14. The molecule has 0 fully saturated rings. The van der Waals surface area contributed by atoms with Crippen LogP contribution < -0.4 is 5.32 Å². The van der Waals surface area contributed by atoms with Crippen molar-refractivity contribution in [1.82, 2.24) is 10.3 Å². The standard InChI is InChI=1S/C17H24N2O/c1-12(2)18-10-13-11-20-16(19-13)14-8-6-7-9-15(14)17(3,4)5/h6-9,11-12,18H,10H2,1-5H3. The lowest BCUT2D eigenvalue weighted by Crippen LogP contribution is -2.21. The SMILES string of the molecule is CC(C)NCc1coc(-c2ccccc2C(C)(C)C)n1. The fraction of sp³-hybridized carbons (Fsp3) is 0.471. The molecule has 0 atom stereocenters. The predicted octanol–water partition coefficient (Wildman–Crippen LogP) is 4.14. The summed E-state index contributed by atoms with van der Waals surface area (Å²) in [5, 5.41) is 3.35. The van der Waals surface area contributed by atoms with Gasteiger partial charge in [-0.2, -0.15) is 0 Å². The second-order valence-electron chi connectivity index (χ2n) is 6.48. The van der Waals surface area contributed by atoms with Gasteiger partial charge < -0.3 is 9.73 Å². The van der Waals surface area contributed by atoms with Crippen LogP contribution in [0.5, 0.6) is 0 Å². The lowest BCUT2D eigenvalue weighted by molar-refractivity contribution is 0.553. The number of nitrogens with zero attached hydrogens (tertiary/aromatic N) is 1. The Kier molecular flexibility index (Phi) is 4.29. The highest BCUT2D eigenvalue weighted by molar-refractivity contribution is 5.60. The topological polar surface area (TPSA) is 38.1 Å². The minimum Gasteiger partial charge on any atom is -0.444 e. The smallest absolute Gasteiger partial charge is 0.226 e. The van der Waals surface area contributed by atoms with Crippen LogP contribution in [0.2, 0.25) is 0 Å². The lowest BCUT2D eigenvalue weighted by atomic mass is 9.84. The number of oxazole rings is 1. The predicted molar refractivity (Wildman–Crippen MR) is 82.6 cm³/mol. The molecule has 0 amide bonds. The molecule has 1 aromatic heterocycles. The summed E-state index contributed by atoms with van der Waals surface area (Å²) in [6.45, 7) is 11.6. The first-order valence-corrected chi connectivity index (χ1v) is 7.15. The Hall–Kier alpha value is -1.61. The van der Waals surface area contributed by atoms with Crippen molar-refractivity contribution in [3.63, 3.8) is 0 Å². The summed E-state index contributed by atoms with van der Waals surface area (Å²) < 4.78 is 5.67. The Balaban J connectivity index is 2.29. The highest BCUT2D eigenvalue weighted by Crippen LogP contribution is 2.32. The van der Waals surface area contributed by atoms with Gasteiger partial charge >= 0.3 is 0 Å². The van der Waals surface area contributed by atoms with Crippen molar-refractivity contribution in [2.75, 3.05) is 0 Å². The molecule has 1 N–H and O–H groups in total. The molecule has 0 unspecified atom stereocenters. The third-order valence-electron chi connectivity index (χ3n) is 3.21. The molecule has 0 aliphatic rings. The molecule has 2 aromatic rings. The molecule has 0 bridgehead atoms. The number of aromatic nitrogens is 1. The van der Waals surface area contributed by atoms with E-state index < -0.39 is 0 Å². The monoisotopic (exact) mass is 272 g/mol. The van der Waals surface area contributed by atoms with Crippen LogP contribution in [0.1, 0.15) is 45.9 Å². The number of hydrogen-bond donors (Lipinski definition) is 1. The summed E-state index contributed by atoms with van der Waals surface area (Å²) in [5.41, 5.74) is 3.35. The summed E-state index contributed by atoms with van der Waals surface area (Å²) in [7, 11) is 0. The molecule has 0 saturated carbocycles. The first kappa shape index (κ1) is 14.8. The van der Waals surface area contributed by atoms with E-state index in [0.717, 1.165) is 17.8 Å². The molecular formula is C17H24N2O. The van der Waals surface area contributed by atoms with E-state index >= 15 is 0 Å². The van der Waals surface area contributed by atoms with Crippen molar-refractivity contribution in [1.29, 1.82) is 0 Å². The van der Waals surface area contributed by atoms with Crippen LogP contribution in [0.15, 0.2) is 34.9 Å². The van der Waals surface area contributed by atoms with E-state index in [1.54, 1.807) is 6.26 Å². The summed E-state index contributed by atoms with van der Waals surface area (Å²) in [6.07, 6.45) is 1.74. The minimum absolute atomic E-state index is 0.0708. The fourth-order valence-electron chi connectivity index (χ4n) is 2.14. The van der Waals surface area contributed by atoms with Crippen LogP contribution in [-0.4, -0.2) is 11.0 Å². The van der Waals surface area contributed by atoms with Gasteiger partial charge in [0, 0.05) is 18.2 Å². The van der Waals surface area contributed by atoms with Gasteiger partial charge in [-0.15, -0.1) is 0 Å². The van der Waals surface area contributed by atoms with Gasteiger partial charge in [-0.25, -0.2) is 4.98 Å². The zero-order valence-electron chi connectivity index (χ0n) is 13.0. The summed E-state index contributed by atoms with van der Waals surface area (Å²) in [6, 6.07) is 8.75. The Morgan fingerprint density at radius 1 is 1.20 bits per heavy atom. The molecule has 1 aromatic carbocycles. The van der Waals surface area contributed by atoms with Crippen molar-refractivity contribution >= 4 is 0 Å². The first-order chi connectivity index (χ1) is 9.38. The van der Waals surface area contributed by atoms with Crippen molar-refractivity contribution in [3.8, 4) is 11.5 Å². The van der Waals surface area contributed by atoms with Gasteiger partial charge in [-0.05, 0) is 17.0 Å². The Bertz CT molecular complexity index is 564. The van der Waals surface area contributed by atoms with Gasteiger partial charge in [0.1, 0.15) is 6.26 Å². The highest BCUT2D eigenvalue weighted by Gasteiger charge is 2.20. The Morgan fingerprint density at radius 3 is 2.55 bits per heavy atom. The molecule has 20 heavy (non-hydrogen) atoms. The molecule has 0 spiro atoms. The zero-order chi connectivity index (χ0) is 14.8. The molecular weight excluding hydrogens is 248 g/mol. The van der Waals surface area contributed by atoms with Crippen LogP contribution in [0.3, 0.4) is 0 Å². The average Bonchev–Trinajstić information content (AvgIpc) is 2.84. The Labute approximate surface area is 121 Å². The van der Waals surface area contributed by atoms with Gasteiger partial charge in [0.05, 0.1) is 5.69 Å². The summed E-state index contributed by atoms with van der Waals surface area (Å²) in [5.74, 6) is 0.705. The van der Waals surface area contributed by atoms with Gasteiger partial charge in [-0.3, -0.25) is 0 Å². The van der Waals surface area contributed by atoms with Crippen LogP contribution in [0, 0.1) is 0 Å². The molecule has 3 nitrogen and oxygen atoms in total. The van der Waals surface area contributed by atoms with Gasteiger partial charge in [0.25, 0.3) is 0 Å². The van der Waals surface area contributed by atoms with Crippen molar-refractivity contribution in [2.45, 2.75) is 52.6 Å². The summed E-state index contributed by atoms with van der Waals surface area (Å²) in [4.78, 5) is 4.60. The van der Waals surface area contributed by atoms with E-state index in [2.05, 4.69) is 63.1 Å². The molecule has 0 saturated heterocycles. The normalized spacial score (nSPS) is 12.1. The maximum Gasteiger partial charge on any atom is 0.226 e. The molecule has 2 rings (SSSR count). The quantitative estimate of drug-likeness (QED) is 0.909. The van der Waals surface area contributed by atoms with Crippen molar-refractivity contribution < 1.29 is 4.42 Å². The second kappa shape index (κ2) is 5.80. The Morgan fingerprint density at radius 2 is 1.90 bits per heavy atom. The van der Waals surface area contributed by atoms with Gasteiger partial charge in [0.2, 0.25) is 5.89 Å². The molecule has 0 radical (unpaired) electrons.